The van der Waals surface area contributed by atoms with Gasteiger partial charge in [-0.1, -0.05) is 5.16 Å². The lowest BCUT2D eigenvalue weighted by molar-refractivity contribution is 0.170. The molecule has 0 saturated carbocycles. The molecule has 5 heterocycles. The Bertz CT molecular complexity index is 1290. The maximum atomic E-state index is 5.90. The Balaban J connectivity index is 1.38. The van der Waals surface area contributed by atoms with Gasteiger partial charge in [-0.15, -0.1) is 0 Å². The molecule has 4 aromatic heterocycles. The molecule has 0 spiro atoms. The molecule has 1 saturated heterocycles. The summed E-state index contributed by atoms with van der Waals surface area (Å²) in [5.74, 6) is 3.07. The fraction of sp³-hybridized carbons (Fsp3) is 0.375. The number of aromatic amines is 1. The van der Waals surface area contributed by atoms with Crippen molar-refractivity contribution in [1.82, 2.24) is 30.3 Å². The number of H-pyrrole nitrogens is 1. The Hall–Kier alpha value is -3.99. The van der Waals surface area contributed by atoms with Crippen molar-refractivity contribution in [3.63, 3.8) is 0 Å². The summed E-state index contributed by atoms with van der Waals surface area (Å²) < 4.78 is 16.7. The summed E-state index contributed by atoms with van der Waals surface area (Å²) in [7, 11) is 1.67. The molecule has 4 aromatic rings. The zero-order valence-electron chi connectivity index (χ0n) is 20.0. The Morgan fingerprint density at radius 2 is 2.09 bits per heavy atom. The fourth-order valence-electron chi connectivity index (χ4n) is 3.92. The molecule has 0 aliphatic carbocycles. The maximum absolute atomic E-state index is 5.90. The molecule has 11 nitrogen and oxygen atoms in total. The van der Waals surface area contributed by atoms with Crippen LogP contribution >= 0.6 is 0 Å². The van der Waals surface area contributed by atoms with E-state index in [1.54, 1.807) is 19.4 Å². The van der Waals surface area contributed by atoms with E-state index in [0.29, 0.717) is 36.7 Å². The number of aromatic nitrogens is 6. The number of ether oxygens (including phenoxy) is 2. The van der Waals surface area contributed by atoms with Gasteiger partial charge in [-0.2, -0.15) is 15.1 Å². The minimum absolute atomic E-state index is 0.0163. The highest BCUT2D eigenvalue weighted by atomic mass is 16.5. The first-order chi connectivity index (χ1) is 17.1. The molecule has 1 fully saturated rings. The standard InChI is InChI=1S/C24H28N8O3/c1-15-12-22(30-29-15)26-21-14-23(34-11-5-10-33-3)28-24(27-21)32-9-7-19(32)20-13-18(31-35-20)17-6-4-8-25-16(17)2/h4,6,8,12-14,19H,5,7,9-11H2,1-3H3,(H2,26,27,28,29,30). The molecule has 1 unspecified atom stereocenters. The lowest BCUT2D eigenvalue weighted by Crippen LogP contribution is -2.42. The molecule has 5 rings (SSSR count). The first kappa shape index (κ1) is 22.8. The van der Waals surface area contributed by atoms with Gasteiger partial charge in [0.1, 0.15) is 11.5 Å². The van der Waals surface area contributed by atoms with Crippen molar-refractivity contribution in [2.75, 3.05) is 37.1 Å². The van der Waals surface area contributed by atoms with E-state index in [2.05, 4.69) is 35.5 Å². The van der Waals surface area contributed by atoms with E-state index in [-0.39, 0.29) is 6.04 Å². The molecule has 0 amide bonds. The topological polar surface area (TPSA) is 127 Å². The number of pyridine rings is 1. The normalized spacial score (nSPS) is 15.2. The van der Waals surface area contributed by atoms with Crippen LogP contribution in [0.5, 0.6) is 5.88 Å². The van der Waals surface area contributed by atoms with Gasteiger partial charge in [-0.3, -0.25) is 10.1 Å². The van der Waals surface area contributed by atoms with Crippen LogP contribution < -0.4 is 15.0 Å². The van der Waals surface area contributed by atoms with Crippen molar-refractivity contribution in [3.05, 3.63) is 53.7 Å². The summed E-state index contributed by atoms with van der Waals surface area (Å²) in [6.07, 6.45) is 3.44. The summed E-state index contributed by atoms with van der Waals surface area (Å²) >= 11 is 0. The number of anilines is 3. The van der Waals surface area contributed by atoms with Gasteiger partial charge in [-0.05, 0) is 32.4 Å². The van der Waals surface area contributed by atoms with Gasteiger partial charge in [0.15, 0.2) is 11.6 Å². The van der Waals surface area contributed by atoms with E-state index >= 15 is 0 Å². The third kappa shape index (κ3) is 5.09. The first-order valence-electron chi connectivity index (χ1n) is 11.6. The van der Waals surface area contributed by atoms with Crippen molar-refractivity contribution in [3.8, 4) is 17.1 Å². The van der Waals surface area contributed by atoms with Crippen molar-refractivity contribution in [2.24, 2.45) is 0 Å². The van der Waals surface area contributed by atoms with Crippen LogP contribution in [0.2, 0.25) is 0 Å². The fourth-order valence-corrected chi connectivity index (χ4v) is 3.92. The molecule has 182 valence electrons. The Labute approximate surface area is 202 Å². The SMILES string of the molecule is COCCCOc1cc(Nc2cc(C)[nH]n2)nc(N2CCC2c2cc(-c3cccnc3C)no2)n1. The van der Waals surface area contributed by atoms with Crippen molar-refractivity contribution in [2.45, 2.75) is 32.7 Å². The molecule has 2 N–H and O–H groups in total. The highest BCUT2D eigenvalue weighted by Gasteiger charge is 2.35. The van der Waals surface area contributed by atoms with Crippen LogP contribution in [0.1, 0.15) is 36.0 Å². The number of nitrogens with one attached hydrogen (secondary N) is 2. The Morgan fingerprint density at radius 3 is 2.83 bits per heavy atom. The number of hydrogen-bond acceptors (Lipinski definition) is 10. The van der Waals surface area contributed by atoms with Crippen LogP contribution in [0, 0.1) is 13.8 Å². The molecule has 11 heteroatoms. The third-order valence-corrected chi connectivity index (χ3v) is 5.81. The second kappa shape index (κ2) is 10.1. The highest BCUT2D eigenvalue weighted by molar-refractivity contribution is 5.62. The van der Waals surface area contributed by atoms with E-state index < -0.39 is 0 Å². The van der Waals surface area contributed by atoms with E-state index in [9.17, 15) is 0 Å². The van der Waals surface area contributed by atoms with Gasteiger partial charge in [0, 0.05) is 68.0 Å². The van der Waals surface area contributed by atoms with Crippen LogP contribution in [-0.4, -0.2) is 57.2 Å². The number of rotatable bonds is 10. The van der Waals surface area contributed by atoms with E-state index in [1.165, 1.54) is 0 Å². The minimum Gasteiger partial charge on any atom is -0.477 e. The zero-order chi connectivity index (χ0) is 24.2. The number of methoxy groups -OCH3 is 1. The number of hydrogen-bond donors (Lipinski definition) is 2. The van der Waals surface area contributed by atoms with E-state index in [1.807, 2.05) is 38.1 Å². The van der Waals surface area contributed by atoms with Crippen molar-refractivity contribution < 1.29 is 14.0 Å². The summed E-state index contributed by atoms with van der Waals surface area (Å²) in [6.45, 7) is 5.80. The predicted octanol–water partition coefficient (Wildman–Crippen LogP) is 3.98. The third-order valence-electron chi connectivity index (χ3n) is 5.81. The largest absolute Gasteiger partial charge is 0.477 e. The average molecular weight is 477 g/mol. The van der Waals surface area contributed by atoms with Crippen molar-refractivity contribution >= 4 is 17.6 Å². The summed E-state index contributed by atoms with van der Waals surface area (Å²) in [6, 6.07) is 9.52. The number of nitrogens with zero attached hydrogens (tertiary/aromatic N) is 6. The molecular weight excluding hydrogens is 448 g/mol. The molecular formula is C24H28N8O3. The van der Waals surface area contributed by atoms with Gasteiger partial charge >= 0.3 is 0 Å². The van der Waals surface area contributed by atoms with Gasteiger partial charge < -0.3 is 24.2 Å². The van der Waals surface area contributed by atoms with Crippen molar-refractivity contribution in [1.29, 1.82) is 0 Å². The molecule has 0 bridgehead atoms. The summed E-state index contributed by atoms with van der Waals surface area (Å²) in [5, 5.41) is 14.7. The predicted molar refractivity (Wildman–Crippen MR) is 130 cm³/mol. The smallest absolute Gasteiger partial charge is 0.231 e. The van der Waals surface area contributed by atoms with Gasteiger partial charge in [0.25, 0.3) is 0 Å². The quantitative estimate of drug-likeness (QED) is 0.324. The number of aryl methyl sites for hydroxylation is 2. The van der Waals surface area contributed by atoms with Gasteiger partial charge in [-0.25, -0.2) is 0 Å². The lowest BCUT2D eigenvalue weighted by Gasteiger charge is -2.39. The minimum atomic E-state index is -0.0163. The van der Waals surface area contributed by atoms with Crippen LogP contribution in [0.4, 0.5) is 17.6 Å². The second-order valence-electron chi connectivity index (χ2n) is 8.40. The molecule has 1 atom stereocenters. The maximum Gasteiger partial charge on any atom is 0.231 e. The lowest BCUT2D eigenvalue weighted by atomic mass is 10.00. The zero-order valence-corrected chi connectivity index (χ0v) is 20.0. The van der Waals surface area contributed by atoms with Crippen LogP contribution in [0.15, 0.2) is 41.1 Å². The van der Waals surface area contributed by atoms with Gasteiger partial charge in [0.2, 0.25) is 11.8 Å². The molecule has 0 radical (unpaired) electrons. The van der Waals surface area contributed by atoms with E-state index in [4.69, 9.17) is 19.0 Å². The Morgan fingerprint density at radius 1 is 1.17 bits per heavy atom. The molecule has 1 aliphatic rings. The summed E-state index contributed by atoms with van der Waals surface area (Å²) in [5.41, 5.74) is 3.58. The average Bonchev–Trinajstić information content (AvgIpc) is 3.45. The molecule has 35 heavy (non-hydrogen) atoms. The summed E-state index contributed by atoms with van der Waals surface area (Å²) in [4.78, 5) is 15.8. The van der Waals surface area contributed by atoms with Crippen LogP contribution in [0.25, 0.3) is 11.3 Å². The van der Waals surface area contributed by atoms with Crippen LogP contribution in [-0.2, 0) is 4.74 Å². The highest BCUT2D eigenvalue weighted by Crippen LogP contribution is 2.38. The van der Waals surface area contributed by atoms with E-state index in [0.717, 1.165) is 47.8 Å². The van der Waals surface area contributed by atoms with Crippen LogP contribution in [0.3, 0.4) is 0 Å². The first-order valence-corrected chi connectivity index (χ1v) is 11.6. The second-order valence-corrected chi connectivity index (χ2v) is 8.40. The molecule has 1 aliphatic heterocycles. The monoisotopic (exact) mass is 476 g/mol. The molecule has 0 aromatic carbocycles. The van der Waals surface area contributed by atoms with Gasteiger partial charge in [0.05, 0.1) is 12.6 Å². The Kier molecular flexibility index (Phi) is 6.57.